The first kappa shape index (κ1) is 17.1. The van der Waals surface area contributed by atoms with E-state index in [4.69, 9.17) is 5.73 Å². The molecule has 0 aliphatic rings. The molecule has 3 N–H and O–H groups in total. The van der Waals surface area contributed by atoms with Crippen molar-refractivity contribution in [2.24, 2.45) is 5.73 Å². The number of hydrogen-bond donors (Lipinski definition) is 2. The molecule has 0 atom stereocenters. The van der Waals surface area contributed by atoms with Gasteiger partial charge >= 0.3 is 0 Å². The molecule has 0 heterocycles. The van der Waals surface area contributed by atoms with E-state index in [1.165, 1.54) is 12.1 Å². The lowest BCUT2D eigenvalue weighted by atomic mass is 9.95. The lowest BCUT2D eigenvalue weighted by molar-refractivity contribution is 0.391. The van der Waals surface area contributed by atoms with Crippen molar-refractivity contribution in [1.29, 1.82) is 0 Å². The number of hydrogen-bond acceptors (Lipinski definition) is 3. The van der Waals surface area contributed by atoms with E-state index >= 15 is 0 Å². The molecule has 0 aliphatic heterocycles. The number of nitrogens with one attached hydrogen (secondary N) is 1. The molecular formula is C14H23FN2O2S. The van der Waals surface area contributed by atoms with Crippen LogP contribution >= 0.6 is 0 Å². The Balaban J connectivity index is 3.01. The third-order valence-corrected chi connectivity index (χ3v) is 5.12. The van der Waals surface area contributed by atoms with E-state index in [0.717, 1.165) is 0 Å². The number of benzene rings is 1. The average Bonchev–Trinajstić information content (AvgIpc) is 2.41. The molecule has 0 aliphatic carbocycles. The minimum atomic E-state index is -3.67. The normalized spacial score (nSPS) is 12.7. The summed E-state index contributed by atoms with van der Waals surface area (Å²) in [4.78, 5) is 0.0726. The van der Waals surface area contributed by atoms with Gasteiger partial charge in [0, 0.05) is 12.1 Å². The van der Waals surface area contributed by atoms with Crippen LogP contribution in [0.1, 0.15) is 37.8 Å². The molecule has 0 radical (unpaired) electrons. The van der Waals surface area contributed by atoms with Crippen molar-refractivity contribution in [3.63, 3.8) is 0 Å². The summed E-state index contributed by atoms with van der Waals surface area (Å²) < 4.78 is 40.5. The topological polar surface area (TPSA) is 72.2 Å². The fourth-order valence-electron chi connectivity index (χ4n) is 1.88. The Labute approximate surface area is 120 Å². The summed E-state index contributed by atoms with van der Waals surface area (Å²) in [5.41, 5.74) is 6.15. The smallest absolute Gasteiger partial charge is 0.240 e. The minimum Gasteiger partial charge on any atom is -0.324 e. The largest absolute Gasteiger partial charge is 0.324 e. The number of rotatable bonds is 6. The Morgan fingerprint density at radius 3 is 2.05 bits per heavy atom. The monoisotopic (exact) mass is 302 g/mol. The maximum Gasteiger partial charge on any atom is 0.240 e. The summed E-state index contributed by atoms with van der Waals surface area (Å²) in [6.45, 7) is 7.10. The summed E-state index contributed by atoms with van der Waals surface area (Å²) in [5, 5.41) is 0. The van der Waals surface area contributed by atoms with Crippen molar-refractivity contribution in [3.05, 3.63) is 29.1 Å². The van der Waals surface area contributed by atoms with Gasteiger partial charge < -0.3 is 5.73 Å². The van der Waals surface area contributed by atoms with Crippen LogP contribution < -0.4 is 10.5 Å². The molecule has 0 amide bonds. The summed E-state index contributed by atoms with van der Waals surface area (Å²) >= 11 is 0. The summed E-state index contributed by atoms with van der Waals surface area (Å²) in [5.74, 6) is -0.376. The molecule has 114 valence electrons. The lowest BCUT2D eigenvalue weighted by Gasteiger charge is -2.26. The molecule has 0 aromatic heterocycles. The molecule has 0 unspecified atom stereocenters. The number of aryl methyl sites for hydroxylation is 2. The zero-order valence-corrected chi connectivity index (χ0v) is 13.3. The van der Waals surface area contributed by atoms with E-state index in [9.17, 15) is 12.8 Å². The second-order valence-corrected chi connectivity index (χ2v) is 7.03. The van der Waals surface area contributed by atoms with E-state index in [0.29, 0.717) is 24.0 Å². The van der Waals surface area contributed by atoms with Gasteiger partial charge in [-0.2, -0.15) is 0 Å². The first-order chi connectivity index (χ1) is 9.15. The van der Waals surface area contributed by atoms with Crippen LogP contribution in [0.2, 0.25) is 0 Å². The van der Waals surface area contributed by atoms with Gasteiger partial charge in [-0.25, -0.2) is 17.5 Å². The van der Waals surface area contributed by atoms with E-state index in [2.05, 4.69) is 4.72 Å². The van der Waals surface area contributed by atoms with Gasteiger partial charge in [-0.3, -0.25) is 0 Å². The standard InChI is InChI=1S/C14H23FN2O2S/c1-5-14(16,6-2)9-17-20(18,19)12-7-10(3)13(15)11(4)8-12/h7-8,17H,5-6,9,16H2,1-4H3. The zero-order chi connectivity index (χ0) is 15.6. The highest BCUT2D eigenvalue weighted by atomic mass is 32.2. The Morgan fingerprint density at radius 1 is 1.20 bits per heavy atom. The van der Waals surface area contributed by atoms with E-state index in [1.807, 2.05) is 13.8 Å². The van der Waals surface area contributed by atoms with Crippen LogP contribution in [-0.4, -0.2) is 20.5 Å². The van der Waals surface area contributed by atoms with Gasteiger partial charge in [0.05, 0.1) is 4.90 Å². The second-order valence-electron chi connectivity index (χ2n) is 5.27. The SMILES string of the molecule is CCC(N)(CC)CNS(=O)(=O)c1cc(C)c(F)c(C)c1. The van der Waals surface area contributed by atoms with Crippen molar-refractivity contribution in [3.8, 4) is 0 Å². The van der Waals surface area contributed by atoms with Gasteiger partial charge in [0.25, 0.3) is 0 Å². The molecule has 0 saturated carbocycles. The van der Waals surface area contributed by atoms with Gasteiger partial charge in [0.15, 0.2) is 0 Å². The van der Waals surface area contributed by atoms with Crippen molar-refractivity contribution in [1.82, 2.24) is 4.72 Å². The fraction of sp³-hybridized carbons (Fsp3) is 0.571. The molecule has 1 aromatic rings. The average molecular weight is 302 g/mol. The van der Waals surface area contributed by atoms with Gasteiger partial charge in [0.1, 0.15) is 5.82 Å². The third kappa shape index (κ3) is 3.77. The number of sulfonamides is 1. The highest BCUT2D eigenvalue weighted by Crippen LogP contribution is 2.19. The van der Waals surface area contributed by atoms with Crippen molar-refractivity contribution < 1.29 is 12.8 Å². The van der Waals surface area contributed by atoms with Gasteiger partial charge in [-0.15, -0.1) is 0 Å². The summed E-state index contributed by atoms with van der Waals surface area (Å²) in [6.07, 6.45) is 1.35. The predicted octanol–water partition coefficient (Wildman–Crippen LogP) is 2.24. The first-order valence-corrected chi connectivity index (χ1v) is 8.19. The van der Waals surface area contributed by atoms with E-state index in [-0.39, 0.29) is 17.3 Å². The molecule has 4 nitrogen and oxygen atoms in total. The van der Waals surface area contributed by atoms with Crippen LogP contribution in [0.4, 0.5) is 4.39 Å². The molecule has 0 spiro atoms. The molecule has 6 heteroatoms. The number of nitrogens with two attached hydrogens (primary N) is 1. The maximum atomic E-state index is 13.5. The van der Waals surface area contributed by atoms with Crippen molar-refractivity contribution in [2.75, 3.05) is 6.54 Å². The molecular weight excluding hydrogens is 279 g/mol. The van der Waals surface area contributed by atoms with Crippen LogP contribution in [0.5, 0.6) is 0 Å². The van der Waals surface area contributed by atoms with E-state index < -0.39 is 15.6 Å². The Kier molecular flexibility index (Phi) is 5.29. The van der Waals surface area contributed by atoms with Crippen molar-refractivity contribution in [2.45, 2.75) is 51.0 Å². The van der Waals surface area contributed by atoms with E-state index in [1.54, 1.807) is 13.8 Å². The van der Waals surface area contributed by atoms with Gasteiger partial charge in [0.2, 0.25) is 10.0 Å². The zero-order valence-electron chi connectivity index (χ0n) is 12.5. The van der Waals surface area contributed by atoms with Crippen LogP contribution in [0.15, 0.2) is 17.0 Å². The molecule has 1 rings (SSSR count). The van der Waals surface area contributed by atoms with Crippen LogP contribution in [0.3, 0.4) is 0 Å². The van der Waals surface area contributed by atoms with Crippen LogP contribution in [-0.2, 0) is 10.0 Å². The van der Waals surface area contributed by atoms with Gasteiger partial charge in [-0.1, -0.05) is 13.8 Å². The predicted molar refractivity (Wildman–Crippen MR) is 78.6 cm³/mol. The van der Waals surface area contributed by atoms with Crippen molar-refractivity contribution >= 4 is 10.0 Å². The molecule has 20 heavy (non-hydrogen) atoms. The minimum absolute atomic E-state index is 0.0726. The van der Waals surface area contributed by atoms with Crippen LogP contribution in [0.25, 0.3) is 0 Å². The molecule has 0 fully saturated rings. The lowest BCUT2D eigenvalue weighted by Crippen LogP contribution is -2.49. The Morgan fingerprint density at radius 2 is 1.65 bits per heavy atom. The molecule has 0 saturated heterocycles. The van der Waals surface area contributed by atoms with Crippen LogP contribution in [0, 0.1) is 19.7 Å². The third-order valence-electron chi connectivity index (χ3n) is 3.74. The quantitative estimate of drug-likeness (QED) is 0.846. The summed E-state index contributed by atoms with van der Waals surface area (Å²) in [7, 11) is -3.67. The Bertz CT molecular complexity index is 558. The number of halogens is 1. The Hall–Kier alpha value is -0.980. The molecule has 1 aromatic carbocycles. The highest BCUT2D eigenvalue weighted by molar-refractivity contribution is 7.89. The summed E-state index contributed by atoms with van der Waals surface area (Å²) in [6, 6.07) is 2.67. The first-order valence-electron chi connectivity index (χ1n) is 6.70. The highest BCUT2D eigenvalue weighted by Gasteiger charge is 2.24. The van der Waals surface area contributed by atoms with Gasteiger partial charge in [-0.05, 0) is 49.9 Å². The fourth-order valence-corrected chi connectivity index (χ4v) is 3.19. The second kappa shape index (κ2) is 6.20. The maximum absolute atomic E-state index is 13.5. The molecule has 0 bridgehead atoms.